The van der Waals surface area contributed by atoms with E-state index in [1.54, 1.807) is 28.1 Å². The van der Waals surface area contributed by atoms with Gasteiger partial charge in [-0.2, -0.15) is 0 Å². The van der Waals surface area contributed by atoms with E-state index in [2.05, 4.69) is 15.9 Å². The van der Waals surface area contributed by atoms with Crippen LogP contribution in [0, 0.1) is 5.92 Å². The molecule has 2 aromatic rings. The van der Waals surface area contributed by atoms with Crippen molar-refractivity contribution < 1.29 is 62.8 Å². The number of methoxy groups -OCH3 is 3. The van der Waals surface area contributed by atoms with E-state index >= 15 is 0 Å². The molecule has 10 rings (SSSR count). The second-order valence-corrected chi connectivity index (χ2v) is 17.8. The summed E-state index contributed by atoms with van der Waals surface area (Å²) in [5, 5.41) is 34.0. The Bertz CT molecular complexity index is 2160. The third kappa shape index (κ3) is 6.09. The van der Waals surface area contributed by atoms with E-state index in [0.717, 1.165) is 53.8 Å². The smallest absolute Gasteiger partial charge is 0.339 e. The number of benzene rings is 2. The molecule has 3 N–H and O–H groups in total. The van der Waals surface area contributed by atoms with Crippen molar-refractivity contribution in [1.29, 1.82) is 0 Å². The molecule has 59 heavy (non-hydrogen) atoms. The molecule has 0 aromatic heterocycles. The molecule has 2 aromatic carbocycles. The lowest BCUT2D eigenvalue weighted by molar-refractivity contribution is -0.179. The van der Waals surface area contributed by atoms with Crippen LogP contribution < -0.4 is 18.9 Å². The van der Waals surface area contributed by atoms with Gasteiger partial charge in [-0.1, -0.05) is 0 Å². The lowest BCUT2D eigenvalue weighted by Crippen LogP contribution is -2.47. The quantitative estimate of drug-likeness (QED) is 0.299. The first-order chi connectivity index (χ1) is 28.3. The Kier molecular flexibility index (Phi) is 9.18. The Hall–Kier alpha value is -4.54. The van der Waals surface area contributed by atoms with Crippen molar-refractivity contribution in [3.8, 4) is 23.0 Å². The van der Waals surface area contributed by atoms with E-state index in [1.807, 2.05) is 18.2 Å². The summed E-state index contributed by atoms with van der Waals surface area (Å²) in [6.07, 6.45) is -1.03. The zero-order chi connectivity index (χ0) is 41.1. The highest BCUT2D eigenvalue weighted by Gasteiger charge is 2.60. The number of fused-ring (bicyclic) bond motifs is 6. The second kappa shape index (κ2) is 14.0. The fourth-order valence-electron chi connectivity index (χ4n) is 11.3. The Balaban J connectivity index is 1.01. The number of hydrogen-bond acceptors (Lipinski definition) is 15. The maximum atomic E-state index is 14.4. The summed E-state index contributed by atoms with van der Waals surface area (Å²) in [6.45, 7) is 6.27. The van der Waals surface area contributed by atoms with Gasteiger partial charge in [0.2, 0.25) is 13.1 Å². The standard InChI is InChI=1S/C44H52N2O13/c1-43(2,50)9-10-44(51,18-31(47)52-3)42(49)59-40-33-25-16-28-27(55-20-56-28)14-21(25)7-12-46-19-26(34(36(33)46)39(40)54-5)41-57-29-15-22-6-11-45-13-8-23-35(45)32(37(48)38(23)53-4)24(22)17-30(29)58-41/h14-17,26,32-33,35-37,40-41,48,50-51H,6-13,18-20H2,1-5H3/t26?,32-,33-,35?,36?,37?,40?,41?,44?/m0/s1. The minimum absolute atomic E-state index is 0.0108. The topological polar surface area (TPSA) is 175 Å². The molecule has 8 aliphatic rings. The molecule has 2 saturated heterocycles. The molecule has 0 spiro atoms. The van der Waals surface area contributed by atoms with Crippen molar-refractivity contribution in [3.63, 3.8) is 0 Å². The number of carbonyl (C=O) groups is 2. The molecule has 15 heteroatoms. The minimum Gasteiger partial charge on any atom is -0.498 e. The van der Waals surface area contributed by atoms with E-state index in [9.17, 15) is 24.9 Å². The summed E-state index contributed by atoms with van der Waals surface area (Å²) < 4.78 is 48.4. The van der Waals surface area contributed by atoms with Crippen LogP contribution in [-0.4, -0.2) is 133 Å². The molecule has 0 bridgehead atoms. The number of aliphatic hydroxyl groups excluding tert-OH is 1. The highest BCUT2D eigenvalue weighted by molar-refractivity contribution is 5.86. The van der Waals surface area contributed by atoms with Crippen LogP contribution in [0.25, 0.3) is 0 Å². The Labute approximate surface area is 342 Å². The predicted molar refractivity (Wildman–Crippen MR) is 207 cm³/mol. The van der Waals surface area contributed by atoms with E-state index < -0.39 is 54.0 Å². The Morgan fingerprint density at radius 3 is 2.12 bits per heavy atom. The van der Waals surface area contributed by atoms with Crippen LogP contribution in [0.15, 0.2) is 46.9 Å². The van der Waals surface area contributed by atoms with Gasteiger partial charge in [0.05, 0.1) is 39.3 Å². The molecule has 0 amide bonds. The lowest BCUT2D eigenvalue weighted by Gasteiger charge is -2.33. The van der Waals surface area contributed by atoms with Crippen LogP contribution in [0.5, 0.6) is 23.0 Å². The van der Waals surface area contributed by atoms with Crippen molar-refractivity contribution in [1.82, 2.24) is 9.80 Å². The molecular formula is C44H52N2O13. The fourth-order valence-corrected chi connectivity index (χ4v) is 11.3. The molecule has 316 valence electrons. The summed E-state index contributed by atoms with van der Waals surface area (Å²) in [6, 6.07) is 7.84. The SMILES string of the molecule is COC(=O)CC(O)(CCC(C)(C)O)C(=O)OC1C(OC)=C2C(C3Oc4cc5c(cc4O3)[C@@H]3C(O)C(OC)=C4CCN(CC5)C43)CN3CCc4cc5c(cc4[C@H]1C23)OCO5. The maximum Gasteiger partial charge on any atom is 0.339 e. The van der Waals surface area contributed by atoms with Crippen molar-refractivity contribution >= 4 is 11.9 Å². The number of ether oxygens (including phenoxy) is 8. The van der Waals surface area contributed by atoms with Crippen LogP contribution >= 0.6 is 0 Å². The number of aliphatic hydroxyl groups is 3. The molecule has 0 saturated carbocycles. The van der Waals surface area contributed by atoms with E-state index in [0.29, 0.717) is 54.0 Å². The average Bonchev–Trinajstić information content (AvgIpc) is 4.04. The van der Waals surface area contributed by atoms with Gasteiger partial charge >= 0.3 is 11.9 Å². The predicted octanol–water partition coefficient (Wildman–Crippen LogP) is 2.81. The van der Waals surface area contributed by atoms with E-state index in [-0.39, 0.29) is 43.6 Å². The monoisotopic (exact) mass is 816 g/mol. The first kappa shape index (κ1) is 38.6. The molecule has 6 aliphatic heterocycles. The number of nitrogens with zero attached hydrogens (tertiary/aromatic N) is 2. The largest absolute Gasteiger partial charge is 0.498 e. The summed E-state index contributed by atoms with van der Waals surface area (Å²) in [5.74, 6) is 0.760. The maximum absolute atomic E-state index is 14.4. The average molecular weight is 817 g/mol. The van der Waals surface area contributed by atoms with Gasteiger partial charge in [-0.05, 0) is 98.0 Å². The zero-order valence-electron chi connectivity index (χ0n) is 34.0. The van der Waals surface area contributed by atoms with Gasteiger partial charge in [-0.25, -0.2) is 4.79 Å². The van der Waals surface area contributed by atoms with Gasteiger partial charge in [0.25, 0.3) is 0 Å². The molecule has 6 heterocycles. The molecule has 9 atom stereocenters. The fraction of sp³-hybridized carbons (Fsp3) is 0.591. The molecule has 7 unspecified atom stereocenters. The van der Waals surface area contributed by atoms with Gasteiger partial charge in [0.1, 0.15) is 17.6 Å². The third-order valence-electron chi connectivity index (χ3n) is 14.0. The number of hydrogen-bond donors (Lipinski definition) is 3. The van der Waals surface area contributed by atoms with Gasteiger partial charge < -0.3 is 53.2 Å². The minimum atomic E-state index is -2.30. The van der Waals surface area contributed by atoms with Gasteiger partial charge in [-0.3, -0.25) is 14.6 Å². The molecule has 2 fully saturated rings. The summed E-state index contributed by atoms with van der Waals surface area (Å²) >= 11 is 0. The van der Waals surface area contributed by atoms with Crippen LogP contribution in [0.2, 0.25) is 0 Å². The first-order valence-corrected chi connectivity index (χ1v) is 20.7. The third-order valence-corrected chi connectivity index (χ3v) is 14.0. The second-order valence-electron chi connectivity index (χ2n) is 17.8. The zero-order valence-corrected chi connectivity index (χ0v) is 34.0. The number of carbonyl (C=O) groups excluding carboxylic acids is 2. The molecular weight excluding hydrogens is 764 g/mol. The molecule has 0 radical (unpaired) electrons. The first-order valence-electron chi connectivity index (χ1n) is 20.7. The highest BCUT2D eigenvalue weighted by Crippen LogP contribution is 2.57. The lowest BCUT2D eigenvalue weighted by atomic mass is 9.85. The van der Waals surface area contributed by atoms with Gasteiger partial charge in [0, 0.05) is 55.7 Å². The van der Waals surface area contributed by atoms with Crippen LogP contribution in [0.3, 0.4) is 0 Å². The van der Waals surface area contributed by atoms with Crippen LogP contribution in [0.4, 0.5) is 0 Å². The summed E-state index contributed by atoms with van der Waals surface area (Å²) in [7, 11) is 4.36. The Morgan fingerprint density at radius 2 is 1.42 bits per heavy atom. The van der Waals surface area contributed by atoms with E-state index in [4.69, 9.17) is 37.9 Å². The van der Waals surface area contributed by atoms with Crippen molar-refractivity contribution in [2.75, 3.05) is 54.3 Å². The number of esters is 2. The van der Waals surface area contributed by atoms with Crippen molar-refractivity contribution in [2.45, 2.75) is 106 Å². The van der Waals surface area contributed by atoms with Crippen LogP contribution in [-0.2, 0) is 41.4 Å². The van der Waals surface area contributed by atoms with E-state index in [1.165, 1.54) is 12.7 Å². The highest BCUT2D eigenvalue weighted by atomic mass is 16.7. The normalized spacial score (nSPS) is 30.9. The van der Waals surface area contributed by atoms with Crippen LogP contribution in [0.1, 0.15) is 73.6 Å². The molecule has 2 aliphatic carbocycles. The Morgan fingerprint density at radius 1 is 0.797 bits per heavy atom. The van der Waals surface area contributed by atoms with Gasteiger partial charge in [-0.15, -0.1) is 0 Å². The van der Waals surface area contributed by atoms with Crippen molar-refractivity contribution in [3.05, 3.63) is 69.2 Å². The molecule has 15 nitrogen and oxygen atoms in total. The summed E-state index contributed by atoms with van der Waals surface area (Å²) in [4.78, 5) is 31.8. The van der Waals surface area contributed by atoms with Crippen molar-refractivity contribution in [2.24, 2.45) is 5.92 Å². The van der Waals surface area contributed by atoms with Gasteiger partial charge in [0.15, 0.2) is 34.7 Å². The summed E-state index contributed by atoms with van der Waals surface area (Å²) in [5.41, 5.74) is 2.61. The number of rotatable bonds is 10.